The molecule has 2 aromatic rings. The molecule has 1 aliphatic rings. The monoisotopic (exact) mass is 338 g/mol. The van der Waals surface area contributed by atoms with Gasteiger partial charge in [0, 0.05) is 0 Å². The third kappa shape index (κ3) is 3.41. The number of carboxylic acids is 1. The highest BCUT2D eigenvalue weighted by molar-refractivity contribution is 5.82. The van der Waals surface area contributed by atoms with E-state index in [9.17, 15) is 9.90 Å². The Bertz CT molecular complexity index is 704. The number of hydrogen-bond acceptors (Lipinski definition) is 2. The molecule has 0 saturated heterocycles. The summed E-state index contributed by atoms with van der Waals surface area (Å²) in [7, 11) is 1.64. The molecule has 0 radical (unpaired) electrons. The van der Waals surface area contributed by atoms with Crippen molar-refractivity contribution in [1.82, 2.24) is 0 Å². The number of carbonyl (C=O) groups is 1. The lowest BCUT2D eigenvalue weighted by molar-refractivity contribution is -0.147. The lowest BCUT2D eigenvalue weighted by Gasteiger charge is -2.40. The molecule has 1 unspecified atom stereocenters. The van der Waals surface area contributed by atoms with Crippen LogP contribution >= 0.6 is 0 Å². The molecule has 1 fully saturated rings. The van der Waals surface area contributed by atoms with E-state index in [0.717, 1.165) is 42.6 Å². The van der Waals surface area contributed by atoms with Gasteiger partial charge in [0.25, 0.3) is 0 Å². The maximum Gasteiger partial charge on any atom is 0.314 e. The van der Waals surface area contributed by atoms with Crippen molar-refractivity contribution >= 4 is 5.97 Å². The van der Waals surface area contributed by atoms with Crippen LogP contribution in [0.5, 0.6) is 5.75 Å². The topological polar surface area (TPSA) is 46.5 Å². The Balaban J connectivity index is 2.11. The normalized spacial score (nSPS) is 17.6. The van der Waals surface area contributed by atoms with E-state index in [2.05, 4.69) is 0 Å². The molecule has 1 saturated carbocycles. The van der Waals surface area contributed by atoms with Crippen molar-refractivity contribution in [1.29, 1.82) is 0 Å². The first-order valence-corrected chi connectivity index (χ1v) is 9.09. The van der Waals surface area contributed by atoms with E-state index in [1.807, 2.05) is 54.6 Å². The molecule has 3 rings (SSSR count). The first-order valence-electron chi connectivity index (χ1n) is 9.09. The minimum absolute atomic E-state index is 0.145. The van der Waals surface area contributed by atoms with Crippen LogP contribution in [0.4, 0.5) is 0 Å². The first-order chi connectivity index (χ1) is 12.2. The van der Waals surface area contributed by atoms with Crippen LogP contribution in [0.3, 0.4) is 0 Å². The molecule has 0 heterocycles. The van der Waals surface area contributed by atoms with Gasteiger partial charge in [0.2, 0.25) is 0 Å². The van der Waals surface area contributed by atoms with Crippen LogP contribution in [-0.4, -0.2) is 18.2 Å². The quantitative estimate of drug-likeness (QED) is 0.820. The van der Waals surface area contributed by atoms with Gasteiger partial charge in [-0.1, -0.05) is 67.8 Å². The Labute approximate surface area is 149 Å². The van der Waals surface area contributed by atoms with E-state index in [1.165, 1.54) is 6.42 Å². The minimum atomic E-state index is -0.906. The number of aliphatic carboxylic acids is 1. The van der Waals surface area contributed by atoms with Gasteiger partial charge in [-0.25, -0.2) is 0 Å². The molecule has 2 aromatic carbocycles. The summed E-state index contributed by atoms with van der Waals surface area (Å²) in [5.74, 6) is 0.183. The fourth-order valence-electron chi connectivity index (χ4n) is 4.34. The minimum Gasteiger partial charge on any atom is -0.496 e. The third-order valence-corrected chi connectivity index (χ3v) is 5.63. The molecule has 25 heavy (non-hydrogen) atoms. The number of methoxy groups -OCH3 is 1. The third-order valence-electron chi connectivity index (χ3n) is 5.63. The summed E-state index contributed by atoms with van der Waals surface area (Å²) in [5, 5.41) is 10.4. The van der Waals surface area contributed by atoms with Crippen LogP contribution in [0, 0.1) is 5.92 Å². The van der Waals surface area contributed by atoms with Gasteiger partial charge in [0.05, 0.1) is 12.5 Å². The van der Waals surface area contributed by atoms with E-state index in [4.69, 9.17) is 4.74 Å². The SMILES string of the molecule is COc1ccccc1CC(C(=O)O)(c1ccccc1)C1CCCCC1. The summed E-state index contributed by atoms with van der Waals surface area (Å²) in [5.41, 5.74) is 0.957. The number of benzene rings is 2. The summed E-state index contributed by atoms with van der Waals surface area (Å²) >= 11 is 0. The fraction of sp³-hybridized carbons (Fsp3) is 0.409. The van der Waals surface area contributed by atoms with Crippen molar-refractivity contribution in [3.63, 3.8) is 0 Å². The van der Waals surface area contributed by atoms with Crippen molar-refractivity contribution in [2.45, 2.75) is 43.9 Å². The maximum absolute atomic E-state index is 12.7. The number of para-hydroxylation sites is 1. The van der Waals surface area contributed by atoms with Gasteiger partial charge in [-0.2, -0.15) is 0 Å². The highest BCUT2D eigenvalue weighted by atomic mass is 16.5. The number of carboxylic acid groups (broad SMARTS) is 1. The van der Waals surface area contributed by atoms with Gasteiger partial charge >= 0.3 is 5.97 Å². The van der Waals surface area contributed by atoms with Crippen LogP contribution in [-0.2, 0) is 16.6 Å². The molecule has 1 N–H and O–H groups in total. The summed E-state index contributed by atoms with van der Waals surface area (Å²) in [6, 6.07) is 17.5. The average Bonchev–Trinajstić information content (AvgIpc) is 2.67. The summed E-state index contributed by atoms with van der Waals surface area (Å²) in [6.45, 7) is 0. The summed E-state index contributed by atoms with van der Waals surface area (Å²) in [6.07, 6.45) is 5.82. The standard InChI is InChI=1S/C22H26O3/c1-25-20-15-9-8-10-17(20)16-22(21(23)24,18-11-4-2-5-12-18)19-13-6-3-7-14-19/h2,4-5,8-12,15,19H,3,6-7,13-14,16H2,1H3,(H,23,24). The Morgan fingerprint density at radius 2 is 1.68 bits per heavy atom. The molecule has 0 aromatic heterocycles. The molecular formula is C22H26O3. The van der Waals surface area contributed by atoms with Crippen LogP contribution in [0.25, 0.3) is 0 Å². The van der Waals surface area contributed by atoms with Gasteiger partial charge in [-0.05, 0) is 42.4 Å². The molecule has 3 nitrogen and oxygen atoms in total. The lowest BCUT2D eigenvalue weighted by Crippen LogP contribution is -2.46. The van der Waals surface area contributed by atoms with Gasteiger partial charge in [-0.3, -0.25) is 4.79 Å². The van der Waals surface area contributed by atoms with Gasteiger partial charge in [0.15, 0.2) is 0 Å². The molecule has 0 amide bonds. The molecule has 0 aliphatic heterocycles. The van der Waals surface area contributed by atoms with Crippen LogP contribution in [0.2, 0.25) is 0 Å². The van der Waals surface area contributed by atoms with Crippen molar-refractivity contribution in [3.05, 3.63) is 65.7 Å². The van der Waals surface area contributed by atoms with E-state index in [-0.39, 0.29) is 5.92 Å². The maximum atomic E-state index is 12.7. The van der Waals surface area contributed by atoms with E-state index >= 15 is 0 Å². The average molecular weight is 338 g/mol. The van der Waals surface area contributed by atoms with Crippen molar-refractivity contribution in [2.75, 3.05) is 7.11 Å². The van der Waals surface area contributed by atoms with Crippen molar-refractivity contribution in [3.8, 4) is 5.75 Å². The Morgan fingerprint density at radius 3 is 2.32 bits per heavy atom. The van der Waals surface area contributed by atoms with Crippen LogP contribution in [0.15, 0.2) is 54.6 Å². The number of rotatable bonds is 6. The summed E-state index contributed by atoms with van der Waals surface area (Å²) in [4.78, 5) is 12.7. The Hall–Kier alpha value is -2.29. The second kappa shape index (κ2) is 7.73. The molecule has 3 heteroatoms. The van der Waals surface area contributed by atoms with E-state index in [0.29, 0.717) is 6.42 Å². The smallest absolute Gasteiger partial charge is 0.314 e. The van der Waals surface area contributed by atoms with Gasteiger partial charge < -0.3 is 9.84 Å². The predicted molar refractivity (Wildman–Crippen MR) is 99.0 cm³/mol. The van der Waals surface area contributed by atoms with Crippen molar-refractivity contribution < 1.29 is 14.6 Å². The first kappa shape index (κ1) is 17.5. The molecular weight excluding hydrogens is 312 g/mol. The second-order valence-corrected chi connectivity index (χ2v) is 6.97. The Morgan fingerprint density at radius 1 is 1.04 bits per heavy atom. The van der Waals surface area contributed by atoms with Gasteiger partial charge in [-0.15, -0.1) is 0 Å². The zero-order valence-electron chi connectivity index (χ0n) is 14.8. The molecule has 132 valence electrons. The molecule has 0 bridgehead atoms. The van der Waals surface area contributed by atoms with E-state index in [1.54, 1.807) is 7.11 Å². The van der Waals surface area contributed by atoms with Crippen LogP contribution < -0.4 is 4.74 Å². The van der Waals surface area contributed by atoms with Gasteiger partial charge in [0.1, 0.15) is 5.75 Å². The zero-order chi connectivity index (χ0) is 17.7. The largest absolute Gasteiger partial charge is 0.496 e. The lowest BCUT2D eigenvalue weighted by atomic mass is 9.62. The van der Waals surface area contributed by atoms with Crippen LogP contribution in [0.1, 0.15) is 43.2 Å². The second-order valence-electron chi connectivity index (χ2n) is 6.97. The zero-order valence-corrected chi connectivity index (χ0v) is 14.8. The fourth-order valence-corrected chi connectivity index (χ4v) is 4.34. The molecule has 0 spiro atoms. The highest BCUT2D eigenvalue weighted by Crippen LogP contribution is 2.45. The number of ether oxygens (including phenoxy) is 1. The highest BCUT2D eigenvalue weighted by Gasteiger charge is 2.47. The molecule has 1 aliphatic carbocycles. The predicted octanol–water partition coefficient (Wildman–Crippen LogP) is 4.84. The van der Waals surface area contributed by atoms with Crippen molar-refractivity contribution in [2.24, 2.45) is 5.92 Å². The van der Waals surface area contributed by atoms with E-state index < -0.39 is 11.4 Å². The Kier molecular flexibility index (Phi) is 5.42. The summed E-state index contributed by atoms with van der Waals surface area (Å²) < 4.78 is 5.50. The number of hydrogen-bond donors (Lipinski definition) is 1. The molecule has 1 atom stereocenters.